The summed E-state index contributed by atoms with van der Waals surface area (Å²) in [5, 5.41) is 0.388. The van der Waals surface area contributed by atoms with Gasteiger partial charge >= 0.3 is 10.1 Å². The fourth-order valence-corrected chi connectivity index (χ4v) is 3.32. The van der Waals surface area contributed by atoms with E-state index in [9.17, 15) is 17.6 Å². The average Bonchev–Trinajstić information content (AvgIpc) is 2.66. The highest BCUT2D eigenvalue weighted by atomic mass is 35.5. The van der Waals surface area contributed by atoms with E-state index in [1.54, 1.807) is 11.0 Å². The molecule has 2 aromatic rings. The van der Waals surface area contributed by atoms with Crippen LogP contribution in [0.25, 0.3) is 0 Å². The van der Waals surface area contributed by atoms with Crippen molar-refractivity contribution in [2.24, 2.45) is 0 Å². The summed E-state index contributed by atoms with van der Waals surface area (Å²) in [7, 11) is -3.74. The monoisotopic (exact) mass is 427 g/mol. The van der Waals surface area contributed by atoms with Crippen LogP contribution in [0.1, 0.15) is 43.1 Å². The normalized spacial score (nSPS) is 12.5. The van der Waals surface area contributed by atoms with Crippen molar-refractivity contribution in [1.82, 2.24) is 4.90 Å². The fourth-order valence-electron chi connectivity index (χ4n) is 2.57. The number of nitrogens with zero attached hydrogens (tertiary/aromatic N) is 1. The van der Waals surface area contributed by atoms with Crippen LogP contribution < -0.4 is 4.18 Å². The maximum absolute atomic E-state index is 13.6. The van der Waals surface area contributed by atoms with Gasteiger partial charge in [0.1, 0.15) is 11.6 Å². The van der Waals surface area contributed by atoms with Gasteiger partial charge < -0.3 is 9.08 Å². The first-order valence-electron chi connectivity index (χ1n) is 8.94. The lowest BCUT2D eigenvalue weighted by molar-refractivity contribution is 0.0670. The van der Waals surface area contributed by atoms with Gasteiger partial charge in [-0.3, -0.25) is 4.79 Å². The Morgan fingerprint density at radius 3 is 2.54 bits per heavy atom. The Hall–Kier alpha value is -2.12. The number of halogens is 2. The molecule has 0 fully saturated rings. The Labute approximate surface area is 170 Å². The van der Waals surface area contributed by atoms with Crippen LogP contribution in [-0.2, 0) is 16.7 Å². The van der Waals surface area contributed by atoms with Crippen LogP contribution in [0, 0.1) is 5.82 Å². The highest BCUT2D eigenvalue weighted by molar-refractivity contribution is 7.87. The van der Waals surface area contributed by atoms with Crippen LogP contribution in [0.5, 0.6) is 5.75 Å². The molecule has 0 saturated carbocycles. The quantitative estimate of drug-likeness (QED) is 0.575. The summed E-state index contributed by atoms with van der Waals surface area (Å²) >= 11 is 6.08. The van der Waals surface area contributed by atoms with Crippen molar-refractivity contribution in [2.45, 2.75) is 39.8 Å². The zero-order valence-electron chi connectivity index (χ0n) is 16.0. The van der Waals surface area contributed by atoms with E-state index in [1.807, 2.05) is 13.8 Å². The minimum atomic E-state index is -3.74. The lowest BCUT2D eigenvalue weighted by Crippen LogP contribution is -2.38. The van der Waals surface area contributed by atoms with Crippen LogP contribution in [-0.4, -0.2) is 31.0 Å². The molecule has 0 N–H and O–H groups in total. The van der Waals surface area contributed by atoms with Crippen molar-refractivity contribution in [3.05, 3.63) is 64.4 Å². The molecule has 0 aromatic heterocycles. The van der Waals surface area contributed by atoms with E-state index in [1.165, 1.54) is 43.3 Å². The van der Waals surface area contributed by atoms with E-state index in [2.05, 4.69) is 0 Å². The Kier molecular flexibility index (Phi) is 7.43. The van der Waals surface area contributed by atoms with Gasteiger partial charge in [-0.25, -0.2) is 4.39 Å². The van der Waals surface area contributed by atoms with Gasteiger partial charge in [-0.2, -0.15) is 8.42 Å². The number of hydrogen-bond donors (Lipinski definition) is 0. The molecule has 152 valence electrons. The standard InChI is InChI=1S/C20H23ClFNO4S/c1-4-14(3)23(20(24)15-7-6-8-18(22)12-15)13-16-11-17(21)9-10-19(16)27-28(25,26)5-2/h6-12,14H,4-5,13H2,1-3H3/t14-/m1/s1. The molecule has 5 nitrogen and oxygen atoms in total. The molecule has 0 aliphatic rings. The second kappa shape index (κ2) is 9.39. The van der Waals surface area contributed by atoms with Gasteiger partial charge in [0.25, 0.3) is 5.91 Å². The van der Waals surface area contributed by atoms with Crippen molar-refractivity contribution in [3.8, 4) is 5.75 Å². The van der Waals surface area contributed by atoms with Crippen LogP contribution in [0.3, 0.4) is 0 Å². The summed E-state index contributed by atoms with van der Waals surface area (Å²) < 4.78 is 42.5. The highest BCUT2D eigenvalue weighted by Gasteiger charge is 2.24. The predicted octanol–water partition coefficient (Wildman–Crippen LogP) is 4.65. The minimum Gasteiger partial charge on any atom is -0.382 e. The van der Waals surface area contributed by atoms with Crippen LogP contribution in [0.2, 0.25) is 5.02 Å². The largest absolute Gasteiger partial charge is 0.382 e. The Bertz CT molecular complexity index is 949. The lowest BCUT2D eigenvalue weighted by Gasteiger charge is -2.29. The van der Waals surface area contributed by atoms with E-state index in [0.29, 0.717) is 17.0 Å². The summed E-state index contributed by atoms with van der Waals surface area (Å²) in [6.45, 7) is 5.34. The minimum absolute atomic E-state index is 0.0689. The van der Waals surface area contributed by atoms with Gasteiger partial charge in [0.05, 0.1) is 12.3 Å². The van der Waals surface area contributed by atoms with Crippen LogP contribution in [0.15, 0.2) is 42.5 Å². The predicted molar refractivity (Wildman–Crippen MR) is 108 cm³/mol. The summed E-state index contributed by atoms with van der Waals surface area (Å²) in [6.07, 6.45) is 0.658. The molecule has 8 heteroatoms. The van der Waals surface area contributed by atoms with E-state index in [4.69, 9.17) is 15.8 Å². The summed E-state index contributed by atoms with van der Waals surface area (Å²) in [5.41, 5.74) is 0.667. The SMILES string of the molecule is CC[C@@H](C)N(Cc1cc(Cl)ccc1OS(=O)(=O)CC)C(=O)c1cccc(F)c1. The number of benzene rings is 2. The third kappa shape index (κ3) is 5.69. The van der Waals surface area contributed by atoms with Gasteiger partial charge in [0, 0.05) is 22.2 Å². The third-order valence-electron chi connectivity index (χ3n) is 4.39. The number of carbonyl (C=O) groups is 1. The van der Waals surface area contributed by atoms with Gasteiger partial charge in [0.15, 0.2) is 0 Å². The van der Waals surface area contributed by atoms with Crippen LogP contribution >= 0.6 is 11.6 Å². The molecule has 0 heterocycles. The molecule has 1 amide bonds. The average molecular weight is 428 g/mol. The van der Waals surface area contributed by atoms with Crippen molar-refractivity contribution >= 4 is 27.6 Å². The smallest absolute Gasteiger partial charge is 0.308 e. The molecule has 0 aliphatic heterocycles. The number of rotatable bonds is 8. The van der Waals surface area contributed by atoms with Crippen molar-refractivity contribution < 1.29 is 21.8 Å². The summed E-state index contributed by atoms with van der Waals surface area (Å²) in [6, 6.07) is 9.83. The summed E-state index contributed by atoms with van der Waals surface area (Å²) in [4.78, 5) is 14.6. The van der Waals surface area contributed by atoms with Crippen molar-refractivity contribution in [2.75, 3.05) is 5.75 Å². The first-order chi connectivity index (χ1) is 13.2. The van der Waals surface area contributed by atoms with Gasteiger partial charge in [0.2, 0.25) is 0 Å². The maximum atomic E-state index is 13.6. The molecule has 2 rings (SSSR count). The first-order valence-corrected chi connectivity index (χ1v) is 10.9. The molecule has 0 saturated heterocycles. The Balaban J connectivity index is 2.42. The Morgan fingerprint density at radius 2 is 1.93 bits per heavy atom. The molecule has 0 radical (unpaired) electrons. The Morgan fingerprint density at radius 1 is 1.21 bits per heavy atom. The molecule has 1 atom stereocenters. The topological polar surface area (TPSA) is 63.7 Å². The maximum Gasteiger partial charge on any atom is 0.308 e. The molecule has 0 spiro atoms. The number of hydrogen-bond acceptors (Lipinski definition) is 4. The molecular formula is C20H23ClFNO4S. The van der Waals surface area contributed by atoms with Gasteiger partial charge in [-0.15, -0.1) is 0 Å². The van der Waals surface area contributed by atoms with E-state index in [0.717, 1.165) is 0 Å². The number of carbonyl (C=O) groups excluding carboxylic acids is 1. The third-order valence-corrected chi connectivity index (χ3v) is 5.76. The first kappa shape index (κ1) is 22.2. The molecule has 2 aromatic carbocycles. The number of amides is 1. The molecule has 0 unspecified atom stereocenters. The van der Waals surface area contributed by atoms with Crippen LogP contribution in [0.4, 0.5) is 4.39 Å². The zero-order valence-corrected chi connectivity index (χ0v) is 17.6. The molecule has 0 aliphatic carbocycles. The molecular weight excluding hydrogens is 405 g/mol. The second-order valence-corrected chi connectivity index (χ2v) is 8.68. The van der Waals surface area contributed by atoms with Crippen molar-refractivity contribution in [3.63, 3.8) is 0 Å². The van der Waals surface area contributed by atoms with Crippen molar-refractivity contribution in [1.29, 1.82) is 0 Å². The fraction of sp³-hybridized carbons (Fsp3) is 0.350. The molecule has 28 heavy (non-hydrogen) atoms. The second-order valence-electron chi connectivity index (χ2n) is 6.38. The van der Waals surface area contributed by atoms with E-state index < -0.39 is 15.9 Å². The van der Waals surface area contributed by atoms with E-state index >= 15 is 0 Å². The molecule has 0 bridgehead atoms. The zero-order chi connectivity index (χ0) is 20.9. The van der Waals surface area contributed by atoms with Gasteiger partial charge in [-0.05, 0) is 56.7 Å². The lowest BCUT2D eigenvalue weighted by atomic mass is 10.1. The highest BCUT2D eigenvalue weighted by Crippen LogP contribution is 2.27. The van der Waals surface area contributed by atoms with Gasteiger partial charge in [-0.1, -0.05) is 24.6 Å². The summed E-state index contributed by atoms with van der Waals surface area (Å²) in [5.74, 6) is -0.938. The van der Waals surface area contributed by atoms with E-state index in [-0.39, 0.29) is 35.6 Å².